The number of carbonyl (C=O) groups excluding carboxylic acids is 3. The summed E-state index contributed by atoms with van der Waals surface area (Å²) in [4.78, 5) is 45.2. The molecule has 0 unspecified atom stereocenters. The molecule has 1 aliphatic heterocycles. The van der Waals surface area contributed by atoms with Gasteiger partial charge in [-0.1, -0.05) is 6.07 Å². The molecule has 28 heavy (non-hydrogen) atoms. The van der Waals surface area contributed by atoms with Crippen LogP contribution in [0.15, 0.2) is 47.4 Å². The molecule has 9 nitrogen and oxygen atoms in total. The van der Waals surface area contributed by atoms with Gasteiger partial charge in [-0.25, -0.2) is 4.79 Å². The van der Waals surface area contributed by atoms with Gasteiger partial charge in [0.25, 0.3) is 11.1 Å². The maximum Gasteiger partial charge on any atom is 0.337 e. The number of methoxy groups -OCH3 is 1. The van der Waals surface area contributed by atoms with Gasteiger partial charge in [-0.15, -0.1) is 0 Å². The standard InChI is InChI=1S/C18H12N2O7S/c1-26-17(22)11-3-5-12(6-4-11)27-14-7-2-10(8-13(14)20(24)25)9-15-16(21)19-18(23)28-15/h2-9H,1H3,(H,19,21,23)/b15-9-. The minimum absolute atomic E-state index is 0.0161. The number of nitro groups is 1. The van der Waals surface area contributed by atoms with Gasteiger partial charge in [-0.05, 0) is 53.7 Å². The largest absolute Gasteiger partial charge is 0.465 e. The van der Waals surface area contributed by atoms with Crippen molar-refractivity contribution in [1.29, 1.82) is 0 Å². The number of nitrogens with zero attached hydrogens (tertiary/aromatic N) is 1. The zero-order chi connectivity index (χ0) is 20.3. The molecule has 1 aliphatic rings. The fourth-order valence-electron chi connectivity index (χ4n) is 2.33. The maximum atomic E-state index is 11.6. The molecular formula is C18H12N2O7S. The predicted molar refractivity (Wildman–Crippen MR) is 100 cm³/mol. The van der Waals surface area contributed by atoms with Crippen LogP contribution in [-0.2, 0) is 9.53 Å². The first-order valence-corrected chi connectivity index (χ1v) is 8.58. The fourth-order valence-corrected chi connectivity index (χ4v) is 3.01. The van der Waals surface area contributed by atoms with Gasteiger partial charge in [0.15, 0.2) is 0 Å². The molecule has 1 N–H and O–H groups in total. The topological polar surface area (TPSA) is 125 Å². The number of carbonyl (C=O) groups is 3. The van der Waals surface area contributed by atoms with Crippen molar-refractivity contribution in [3.05, 3.63) is 68.6 Å². The van der Waals surface area contributed by atoms with Crippen molar-refractivity contribution >= 4 is 40.6 Å². The van der Waals surface area contributed by atoms with E-state index in [1.807, 2.05) is 0 Å². The molecule has 0 atom stereocenters. The number of benzene rings is 2. The van der Waals surface area contributed by atoms with E-state index in [9.17, 15) is 24.5 Å². The lowest BCUT2D eigenvalue weighted by atomic mass is 10.1. The van der Waals surface area contributed by atoms with E-state index in [0.717, 1.165) is 11.8 Å². The molecule has 2 aromatic rings. The number of esters is 1. The molecule has 0 spiro atoms. The first-order valence-electron chi connectivity index (χ1n) is 7.77. The van der Waals surface area contributed by atoms with E-state index < -0.39 is 22.0 Å². The lowest BCUT2D eigenvalue weighted by Gasteiger charge is -2.08. The Morgan fingerprint density at radius 3 is 2.46 bits per heavy atom. The van der Waals surface area contributed by atoms with Crippen LogP contribution in [0.2, 0.25) is 0 Å². The Morgan fingerprint density at radius 1 is 1.18 bits per heavy atom. The van der Waals surface area contributed by atoms with Gasteiger partial charge in [-0.3, -0.25) is 25.0 Å². The summed E-state index contributed by atoms with van der Waals surface area (Å²) in [5, 5.41) is 13.0. The second kappa shape index (κ2) is 7.92. The van der Waals surface area contributed by atoms with E-state index in [0.29, 0.717) is 11.1 Å². The van der Waals surface area contributed by atoms with Crippen molar-refractivity contribution in [1.82, 2.24) is 5.32 Å². The second-order valence-electron chi connectivity index (χ2n) is 5.45. The average Bonchev–Trinajstić information content (AvgIpc) is 2.99. The van der Waals surface area contributed by atoms with Crippen LogP contribution >= 0.6 is 11.8 Å². The number of ether oxygens (including phenoxy) is 2. The van der Waals surface area contributed by atoms with Gasteiger partial charge in [0, 0.05) is 6.07 Å². The van der Waals surface area contributed by atoms with E-state index in [-0.39, 0.29) is 22.1 Å². The predicted octanol–water partition coefficient (Wildman–Crippen LogP) is 3.50. The highest BCUT2D eigenvalue weighted by molar-refractivity contribution is 8.18. The monoisotopic (exact) mass is 400 g/mol. The molecule has 1 fully saturated rings. The van der Waals surface area contributed by atoms with Crippen LogP contribution in [0.4, 0.5) is 10.5 Å². The van der Waals surface area contributed by atoms with Crippen LogP contribution in [-0.4, -0.2) is 29.1 Å². The van der Waals surface area contributed by atoms with E-state index in [2.05, 4.69) is 10.1 Å². The Kier molecular flexibility index (Phi) is 5.41. The second-order valence-corrected chi connectivity index (χ2v) is 6.47. The number of nitro benzene ring substituents is 1. The van der Waals surface area contributed by atoms with Crippen molar-refractivity contribution in [2.45, 2.75) is 0 Å². The molecule has 1 heterocycles. The molecule has 3 rings (SSSR count). The number of thioether (sulfide) groups is 1. The summed E-state index contributed by atoms with van der Waals surface area (Å²) in [5.41, 5.74) is 0.363. The lowest BCUT2D eigenvalue weighted by molar-refractivity contribution is -0.385. The van der Waals surface area contributed by atoms with E-state index in [4.69, 9.17) is 4.74 Å². The Morgan fingerprint density at radius 2 is 1.89 bits per heavy atom. The summed E-state index contributed by atoms with van der Waals surface area (Å²) in [6.07, 6.45) is 1.38. The third-order valence-electron chi connectivity index (χ3n) is 3.62. The molecule has 0 aromatic heterocycles. The third kappa shape index (κ3) is 4.18. The normalized spacial score (nSPS) is 14.7. The summed E-state index contributed by atoms with van der Waals surface area (Å²) >= 11 is 0.718. The van der Waals surface area contributed by atoms with Gasteiger partial charge in [0.05, 0.1) is 22.5 Å². The van der Waals surface area contributed by atoms with Crippen LogP contribution in [0.5, 0.6) is 11.5 Å². The highest BCUT2D eigenvalue weighted by Crippen LogP contribution is 2.34. The van der Waals surface area contributed by atoms with Gasteiger partial charge in [0.2, 0.25) is 5.75 Å². The molecule has 0 bridgehead atoms. The SMILES string of the molecule is COC(=O)c1ccc(Oc2ccc(/C=C3\SC(=O)NC3=O)cc2[N+](=O)[O-])cc1. The summed E-state index contributed by atoms with van der Waals surface area (Å²) < 4.78 is 10.2. The molecule has 142 valence electrons. The zero-order valence-corrected chi connectivity index (χ0v) is 15.1. The summed E-state index contributed by atoms with van der Waals surface area (Å²) in [6.45, 7) is 0. The van der Waals surface area contributed by atoms with Gasteiger partial charge < -0.3 is 9.47 Å². The molecule has 2 aromatic carbocycles. The van der Waals surface area contributed by atoms with Crippen molar-refractivity contribution in [3.63, 3.8) is 0 Å². The maximum absolute atomic E-state index is 11.6. The minimum atomic E-state index is -0.618. The summed E-state index contributed by atoms with van der Waals surface area (Å²) in [7, 11) is 1.26. The Hall–Kier alpha value is -3.66. The van der Waals surface area contributed by atoms with E-state index in [1.54, 1.807) is 0 Å². The Balaban J connectivity index is 1.87. The first-order chi connectivity index (χ1) is 13.4. The van der Waals surface area contributed by atoms with E-state index >= 15 is 0 Å². The summed E-state index contributed by atoms with van der Waals surface area (Å²) in [5.74, 6) is -0.790. The first kappa shape index (κ1) is 19.1. The molecule has 10 heteroatoms. The fraction of sp³-hybridized carbons (Fsp3) is 0.0556. The van der Waals surface area contributed by atoms with Gasteiger partial charge >= 0.3 is 11.7 Å². The van der Waals surface area contributed by atoms with Crippen molar-refractivity contribution in [2.75, 3.05) is 7.11 Å². The average molecular weight is 400 g/mol. The van der Waals surface area contributed by atoms with Gasteiger partial charge in [-0.2, -0.15) is 0 Å². The molecule has 0 radical (unpaired) electrons. The van der Waals surface area contributed by atoms with Crippen LogP contribution < -0.4 is 10.1 Å². The molecule has 0 aliphatic carbocycles. The Bertz CT molecular complexity index is 1020. The number of nitrogens with one attached hydrogen (secondary N) is 1. The van der Waals surface area contributed by atoms with Gasteiger partial charge in [0.1, 0.15) is 5.75 Å². The Labute approximate surface area is 162 Å². The molecule has 1 saturated heterocycles. The van der Waals surface area contributed by atoms with Crippen molar-refractivity contribution < 1.29 is 28.8 Å². The number of hydrogen-bond donors (Lipinski definition) is 1. The van der Waals surface area contributed by atoms with Crippen molar-refractivity contribution in [3.8, 4) is 11.5 Å². The van der Waals surface area contributed by atoms with Crippen molar-refractivity contribution in [2.24, 2.45) is 0 Å². The quantitative estimate of drug-likeness (QED) is 0.350. The van der Waals surface area contributed by atoms with Crippen LogP contribution in [0, 0.1) is 10.1 Å². The third-order valence-corrected chi connectivity index (χ3v) is 4.43. The van der Waals surface area contributed by atoms with Crippen LogP contribution in [0.1, 0.15) is 15.9 Å². The molecular weight excluding hydrogens is 388 g/mol. The summed E-state index contributed by atoms with van der Waals surface area (Å²) in [6, 6.07) is 10.1. The van der Waals surface area contributed by atoms with Crippen LogP contribution in [0.25, 0.3) is 6.08 Å². The number of amides is 2. The highest BCUT2D eigenvalue weighted by Gasteiger charge is 2.25. The highest BCUT2D eigenvalue weighted by atomic mass is 32.2. The number of imide groups is 1. The smallest absolute Gasteiger partial charge is 0.337 e. The number of hydrogen-bond acceptors (Lipinski definition) is 8. The zero-order valence-electron chi connectivity index (χ0n) is 14.3. The lowest BCUT2D eigenvalue weighted by Crippen LogP contribution is -2.17. The number of rotatable bonds is 5. The molecule has 2 amide bonds. The van der Waals surface area contributed by atoms with Crippen LogP contribution in [0.3, 0.4) is 0 Å². The minimum Gasteiger partial charge on any atom is -0.465 e. The van der Waals surface area contributed by atoms with E-state index in [1.165, 1.54) is 55.7 Å². The molecule has 0 saturated carbocycles.